The summed E-state index contributed by atoms with van der Waals surface area (Å²) in [5.41, 5.74) is 3.78. The maximum Gasteiger partial charge on any atom is 0.240 e. The van der Waals surface area contributed by atoms with Gasteiger partial charge in [0.05, 0.1) is 16.1 Å². The molecule has 0 unspecified atom stereocenters. The summed E-state index contributed by atoms with van der Waals surface area (Å²) in [6.45, 7) is 2.91. The first-order valence-electron chi connectivity index (χ1n) is 6.32. The van der Waals surface area contributed by atoms with Crippen LogP contribution in [-0.4, -0.2) is 26.5 Å². The first-order chi connectivity index (χ1) is 9.62. The fourth-order valence-electron chi connectivity index (χ4n) is 1.72. The maximum absolute atomic E-state index is 11.8. The minimum atomic E-state index is -3.37. The molecule has 0 amide bonds. The number of nitrogens with zero attached hydrogens (tertiary/aromatic N) is 1. The Morgan fingerprint density at radius 3 is 2.60 bits per heavy atom. The van der Waals surface area contributed by atoms with Crippen molar-refractivity contribution in [3.8, 4) is 0 Å². The fourth-order valence-corrected chi connectivity index (χ4v) is 3.36. The Labute approximate surface area is 123 Å². The van der Waals surface area contributed by atoms with Gasteiger partial charge in [0.15, 0.2) is 0 Å². The van der Waals surface area contributed by atoms with Crippen molar-refractivity contribution < 1.29 is 8.42 Å². The molecule has 0 atom stereocenters. The number of hydrogen-bond donors (Lipinski definition) is 2. The van der Waals surface area contributed by atoms with Gasteiger partial charge in [0.25, 0.3) is 0 Å². The lowest BCUT2D eigenvalue weighted by atomic mass is 10.3. The molecule has 108 valence electrons. The number of anilines is 1. The van der Waals surface area contributed by atoms with Crippen molar-refractivity contribution in [3.05, 3.63) is 40.8 Å². The molecule has 1 heterocycles. The zero-order valence-electron chi connectivity index (χ0n) is 11.2. The van der Waals surface area contributed by atoms with Crippen molar-refractivity contribution in [1.82, 2.24) is 9.71 Å². The van der Waals surface area contributed by atoms with Crippen molar-refractivity contribution in [2.45, 2.75) is 18.2 Å². The van der Waals surface area contributed by atoms with Crippen LogP contribution in [-0.2, 0) is 16.4 Å². The summed E-state index contributed by atoms with van der Waals surface area (Å²) in [5, 5.41) is 5.26. The van der Waals surface area contributed by atoms with E-state index in [2.05, 4.69) is 15.0 Å². The Hall–Kier alpha value is -1.44. The lowest BCUT2D eigenvalue weighted by Gasteiger charge is -2.07. The van der Waals surface area contributed by atoms with Gasteiger partial charge >= 0.3 is 0 Å². The van der Waals surface area contributed by atoms with E-state index in [0.29, 0.717) is 6.54 Å². The topological polar surface area (TPSA) is 71.1 Å². The van der Waals surface area contributed by atoms with E-state index in [1.807, 2.05) is 10.9 Å². The summed E-state index contributed by atoms with van der Waals surface area (Å²) in [7, 11) is -3.37. The van der Waals surface area contributed by atoms with Crippen LogP contribution in [0.4, 0.5) is 5.69 Å². The summed E-state index contributed by atoms with van der Waals surface area (Å²) in [6, 6.07) is 6.74. The third-order valence-corrected chi connectivity index (χ3v) is 4.89. The van der Waals surface area contributed by atoms with E-state index in [9.17, 15) is 8.42 Å². The number of hydrogen-bond acceptors (Lipinski definition) is 5. The first-order valence-corrected chi connectivity index (χ1v) is 8.75. The van der Waals surface area contributed by atoms with Crippen LogP contribution in [0, 0.1) is 0 Å². The molecule has 7 heteroatoms. The van der Waals surface area contributed by atoms with Crippen LogP contribution in [0.2, 0.25) is 0 Å². The highest BCUT2D eigenvalue weighted by molar-refractivity contribution is 7.89. The normalized spacial score (nSPS) is 11.4. The smallest absolute Gasteiger partial charge is 0.240 e. The molecule has 0 aliphatic rings. The zero-order valence-corrected chi connectivity index (χ0v) is 12.8. The maximum atomic E-state index is 11.8. The van der Waals surface area contributed by atoms with Gasteiger partial charge in [0.1, 0.15) is 0 Å². The van der Waals surface area contributed by atoms with Gasteiger partial charge in [0, 0.05) is 30.6 Å². The molecule has 20 heavy (non-hydrogen) atoms. The molecule has 0 saturated heterocycles. The van der Waals surface area contributed by atoms with Crippen LogP contribution in [0.15, 0.2) is 40.1 Å². The molecule has 0 aliphatic heterocycles. The van der Waals surface area contributed by atoms with E-state index >= 15 is 0 Å². The molecular formula is C13H17N3O2S2. The lowest BCUT2D eigenvalue weighted by molar-refractivity contribution is 0.584. The Morgan fingerprint density at radius 2 is 2.00 bits per heavy atom. The Morgan fingerprint density at radius 1 is 1.25 bits per heavy atom. The van der Waals surface area contributed by atoms with Crippen molar-refractivity contribution in [2.75, 3.05) is 18.4 Å². The summed E-state index contributed by atoms with van der Waals surface area (Å²) in [6.07, 6.45) is 0.848. The molecule has 0 aliphatic carbocycles. The van der Waals surface area contributed by atoms with Crippen molar-refractivity contribution in [3.63, 3.8) is 0 Å². The SMILES string of the molecule is CCNS(=O)(=O)c1ccc(NCCc2cscn2)cc1. The van der Waals surface area contributed by atoms with Gasteiger partial charge in [-0.3, -0.25) is 0 Å². The predicted octanol–water partition coefficient (Wildman–Crippen LogP) is 2.10. The average Bonchev–Trinajstić information content (AvgIpc) is 2.92. The molecular weight excluding hydrogens is 294 g/mol. The molecule has 5 nitrogen and oxygen atoms in total. The second kappa shape index (κ2) is 6.83. The number of sulfonamides is 1. The third kappa shape index (κ3) is 4.03. The molecule has 1 aromatic carbocycles. The molecule has 1 aromatic heterocycles. The molecule has 2 rings (SSSR count). The van der Waals surface area contributed by atoms with Crippen molar-refractivity contribution in [2.24, 2.45) is 0 Å². The monoisotopic (exact) mass is 311 g/mol. The number of benzene rings is 1. The van der Waals surface area contributed by atoms with Gasteiger partial charge in [-0.25, -0.2) is 18.1 Å². The highest BCUT2D eigenvalue weighted by Gasteiger charge is 2.11. The first kappa shape index (κ1) is 15.0. The third-order valence-electron chi connectivity index (χ3n) is 2.69. The van der Waals surface area contributed by atoms with Gasteiger partial charge in [-0.15, -0.1) is 11.3 Å². The summed E-state index contributed by atoms with van der Waals surface area (Å²) >= 11 is 1.58. The molecule has 2 aromatic rings. The highest BCUT2D eigenvalue weighted by atomic mass is 32.2. The molecule has 0 saturated carbocycles. The fraction of sp³-hybridized carbons (Fsp3) is 0.308. The van der Waals surface area contributed by atoms with E-state index in [0.717, 1.165) is 24.3 Å². The number of rotatable bonds is 7. The van der Waals surface area contributed by atoms with Gasteiger partial charge in [-0.1, -0.05) is 6.92 Å². The van der Waals surface area contributed by atoms with Gasteiger partial charge in [-0.05, 0) is 24.3 Å². The van der Waals surface area contributed by atoms with Crippen LogP contribution in [0.3, 0.4) is 0 Å². The minimum absolute atomic E-state index is 0.282. The molecule has 2 N–H and O–H groups in total. The van der Waals surface area contributed by atoms with Gasteiger partial charge in [0.2, 0.25) is 10.0 Å². The second-order valence-electron chi connectivity index (χ2n) is 4.18. The summed E-state index contributed by atoms with van der Waals surface area (Å²) < 4.78 is 26.0. The molecule has 0 radical (unpaired) electrons. The van der Waals surface area contributed by atoms with E-state index < -0.39 is 10.0 Å². The van der Waals surface area contributed by atoms with E-state index in [4.69, 9.17) is 0 Å². The standard InChI is InChI=1S/C13H17N3O2S2/c1-2-16-20(17,18)13-5-3-11(4-6-13)14-8-7-12-9-19-10-15-12/h3-6,9-10,14,16H,2,7-8H2,1H3. The Bertz CT molecular complexity index is 622. The zero-order chi connectivity index (χ0) is 14.4. The molecule has 0 bridgehead atoms. The van der Waals surface area contributed by atoms with E-state index in [-0.39, 0.29) is 4.90 Å². The Balaban J connectivity index is 1.91. The van der Waals surface area contributed by atoms with Crippen LogP contribution in [0.1, 0.15) is 12.6 Å². The quantitative estimate of drug-likeness (QED) is 0.821. The predicted molar refractivity (Wildman–Crippen MR) is 81.6 cm³/mol. The number of aromatic nitrogens is 1. The van der Waals surface area contributed by atoms with Gasteiger partial charge < -0.3 is 5.32 Å². The van der Waals surface area contributed by atoms with Crippen LogP contribution < -0.4 is 10.0 Å². The molecule has 0 fully saturated rings. The Kier molecular flexibility index (Phi) is 5.11. The highest BCUT2D eigenvalue weighted by Crippen LogP contribution is 2.14. The summed E-state index contributed by atoms with van der Waals surface area (Å²) in [4.78, 5) is 4.49. The van der Waals surface area contributed by atoms with Crippen molar-refractivity contribution in [1.29, 1.82) is 0 Å². The lowest BCUT2D eigenvalue weighted by Crippen LogP contribution is -2.23. The van der Waals surface area contributed by atoms with E-state index in [1.54, 1.807) is 42.5 Å². The number of thiazole rings is 1. The van der Waals surface area contributed by atoms with Gasteiger partial charge in [-0.2, -0.15) is 0 Å². The minimum Gasteiger partial charge on any atom is -0.385 e. The molecule has 0 spiro atoms. The van der Waals surface area contributed by atoms with Crippen LogP contribution in [0.25, 0.3) is 0 Å². The summed E-state index contributed by atoms with van der Waals surface area (Å²) in [5.74, 6) is 0. The average molecular weight is 311 g/mol. The van der Waals surface area contributed by atoms with Crippen molar-refractivity contribution >= 4 is 27.0 Å². The number of nitrogens with one attached hydrogen (secondary N) is 2. The second-order valence-corrected chi connectivity index (χ2v) is 6.67. The van der Waals surface area contributed by atoms with Crippen LogP contribution in [0.5, 0.6) is 0 Å². The van der Waals surface area contributed by atoms with E-state index in [1.165, 1.54) is 0 Å². The van der Waals surface area contributed by atoms with Crippen LogP contribution >= 0.6 is 11.3 Å². The largest absolute Gasteiger partial charge is 0.385 e.